The highest BCUT2D eigenvalue weighted by atomic mass is 16.5. The maximum atomic E-state index is 11.5. The molecule has 0 N–H and O–H groups in total. The predicted molar refractivity (Wildman–Crippen MR) is 65.3 cm³/mol. The number of nitrogens with zero attached hydrogens (tertiary/aromatic N) is 1. The van der Waals surface area contributed by atoms with Gasteiger partial charge in [-0.2, -0.15) is 0 Å². The van der Waals surface area contributed by atoms with Crippen LogP contribution in [0.4, 0.5) is 0 Å². The van der Waals surface area contributed by atoms with Gasteiger partial charge < -0.3 is 4.74 Å². The van der Waals surface area contributed by atoms with E-state index in [0.29, 0.717) is 19.2 Å². The Hall–Kier alpha value is -0.570. The number of hydrogen-bond acceptors (Lipinski definition) is 3. The maximum absolute atomic E-state index is 11.5. The van der Waals surface area contributed by atoms with Crippen LogP contribution in [0.3, 0.4) is 0 Å². The zero-order chi connectivity index (χ0) is 12.0. The van der Waals surface area contributed by atoms with E-state index in [0.717, 1.165) is 12.5 Å². The van der Waals surface area contributed by atoms with E-state index in [1.165, 1.54) is 25.7 Å². The van der Waals surface area contributed by atoms with Crippen LogP contribution < -0.4 is 0 Å². The van der Waals surface area contributed by atoms with E-state index in [9.17, 15) is 4.79 Å². The van der Waals surface area contributed by atoms with E-state index in [1.807, 2.05) is 6.92 Å². The molecule has 0 unspecified atom stereocenters. The van der Waals surface area contributed by atoms with E-state index < -0.39 is 0 Å². The lowest BCUT2D eigenvalue weighted by Crippen LogP contribution is -2.36. The van der Waals surface area contributed by atoms with Gasteiger partial charge in [-0.05, 0) is 25.7 Å². The first-order chi connectivity index (χ1) is 7.71. The molecule has 0 aliphatic heterocycles. The van der Waals surface area contributed by atoms with Crippen LogP contribution in [0.15, 0.2) is 0 Å². The lowest BCUT2D eigenvalue weighted by Gasteiger charge is -2.25. The summed E-state index contributed by atoms with van der Waals surface area (Å²) in [6.07, 6.45) is 4.89. The van der Waals surface area contributed by atoms with Gasteiger partial charge in [-0.15, -0.1) is 0 Å². The van der Waals surface area contributed by atoms with Crippen LogP contribution in [0.1, 0.15) is 46.5 Å². The van der Waals surface area contributed by atoms with Crippen molar-refractivity contribution in [3.63, 3.8) is 0 Å². The summed E-state index contributed by atoms with van der Waals surface area (Å²) >= 11 is 0. The number of carbonyl (C=O) groups is 1. The molecule has 0 aromatic rings. The molecule has 0 atom stereocenters. The molecule has 1 fully saturated rings. The highest BCUT2D eigenvalue weighted by molar-refractivity contribution is 5.71. The molecule has 0 aromatic carbocycles. The summed E-state index contributed by atoms with van der Waals surface area (Å²) in [7, 11) is 0. The summed E-state index contributed by atoms with van der Waals surface area (Å²) in [5, 5.41) is 0. The third kappa shape index (κ3) is 4.52. The Morgan fingerprint density at radius 3 is 2.38 bits per heavy atom. The third-order valence-electron chi connectivity index (χ3n) is 3.35. The quantitative estimate of drug-likeness (QED) is 0.597. The molecule has 1 aliphatic rings. The molecule has 1 saturated carbocycles. The zero-order valence-corrected chi connectivity index (χ0v) is 10.9. The molecule has 0 radical (unpaired) electrons. The van der Waals surface area contributed by atoms with Gasteiger partial charge in [-0.3, -0.25) is 9.69 Å². The molecule has 94 valence electrons. The molecule has 0 heterocycles. The Kier molecular flexibility index (Phi) is 5.81. The van der Waals surface area contributed by atoms with Crippen LogP contribution in [0.25, 0.3) is 0 Å². The largest absolute Gasteiger partial charge is 0.465 e. The lowest BCUT2D eigenvalue weighted by atomic mass is 10.0. The van der Waals surface area contributed by atoms with Crippen LogP contribution in [-0.4, -0.2) is 36.6 Å². The molecule has 1 rings (SSSR count). The number of esters is 1. The fraction of sp³-hybridized carbons (Fsp3) is 0.923. The summed E-state index contributed by atoms with van der Waals surface area (Å²) in [5.41, 5.74) is 0. The first kappa shape index (κ1) is 13.5. The van der Waals surface area contributed by atoms with Crippen molar-refractivity contribution in [2.45, 2.75) is 52.5 Å². The van der Waals surface area contributed by atoms with E-state index >= 15 is 0 Å². The summed E-state index contributed by atoms with van der Waals surface area (Å²) < 4.78 is 5.02. The second-order valence-corrected chi connectivity index (χ2v) is 4.65. The summed E-state index contributed by atoms with van der Waals surface area (Å²) in [6.45, 7) is 8.33. The molecule has 3 heteroatoms. The van der Waals surface area contributed by atoms with Crippen molar-refractivity contribution in [3.05, 3.63) is 0 Å². The Balaban J connectivity index is 2.38. The average Bonchev–Trinajstić information content (AvgIpc) is 3.08. The Morgan fingerprint density at radius 2 is 1.94 bits per heavy atom. The first-order valence-electron chi connectivity index (χ1n) is 6.60. The number of carbonyl (C=O) groups excluding carboxylic acids is 1. The number of ether oxygens (including phenoxy) is 1. The van der Waals surface area contributed by atoms with Crippen molar-refractivity contribution in [1.29, 1.82) is 0 Å². The maximum Gasteiger partial charge on any atom is 0.320 e. The van der Waals surface area contributed by atoms with E-state index in [2.05, 4.69) is 18.7 Å². The Morgan fingerprint density at radius 1 is 1.31 bits per heavy atom. The van der Waals surface area contributed by atoms with Gasteiger partial charge in [-0.25, -0.2) is 0 Å². The van der Waals surface area contributed by atoms with E-state index in [4.69, 9.17) is 4.74 Å². The minimum Gasteiger partial charge on any atom is -0.465 e. The third-order valence-corrected chi connectivity index (χ3v) is 3.35. The Labute approximate surface area is 99.1 Å². The number of hydrogen-bond donors (Lipinski definition) is 0. The molecule has 1 aliphatic carbocycles. The zero-order valence-electron chi connectivity index (χ0n) is 10.9. The normalized spacial score (nSPS) is 15.8. The fourth-order valence-corrected chi connectivity index (χ4v) is 2.03. The van der Waals surface area contributed by atoms with Crippen molar-refractivity contribution in [3.8, 4) is 0 Å². The highest BCUT2D eigenvalue weighted by Crippen LogP contribution is 2.28. The molecular weight excluding hydrogens is 202 g/mol. The van der Waals surface area contributed by atoms with Gasteiger partial charge >= 0.3 is 5.97 Å². The van der Waals surface area contributed by atoms with Crippen molar-refractivity contribution in [1.82, 2.24) is 4.90 Å². The predicted octanol–water partition coefficient (Wildman–Crippen LogP) is 2.45. The SMILES string of the molecule is CCOC(=O)CN(CC(CC)CC)C1CC1. The van der Waals surface area contributed by atoms with Gasteiger partial charge in [0.05, 0.1) is 13.2 Å². The van der Waals surface area contributed by atoms with Gasteiger partial charge in [-0.1, -0.05) is 26.7 Å². The molecule has 0 spiro atoms. The molecule has 0 saturated heterocycles. The van der Waals surface area contributed by atoms with Crippen LogP contribution in [-0.2, 0) is 9.53 Å². The minimum absolute atomic E-state index is 0.0691. The fourth-order valence-electron chi connectivity index (χ4n) is 2.03. The molecule has 16 heavy (non-hydrogen) atoms. The minimum atomic E-state index is -0.0691. The Bertz CT molecular complexity index is 210. The monoisotopic (exact) mass is 227 g/mol. The van der Waals surface area contributed by atoms with Gasteiger partial charge in [0.2, 0.25) is 0 Å². The van der Waals surface area contributed by atoms with Crippen LogP contribution in [0.2, 0.25) is 0 Å². The smallest absolute Gasteiger partial charge is 0.320 e. The molecule has 3 nitrogen and oxygen atoms in total. The van der Waals surface area contributed by atoms with Gasteiger partial charge in [0, 0.05) is 12.6 Å². The van der Waals surface area contributed by atoms with Gasteiger partial charge in [0.25, 0.3) is 0 Å². The van der Waals surface area contributed by atoms with Crippen molar-refractivity contribution in [2.75, 3.05) is 19.7 Å². The molecule has 0 bridgehead atoms. The molecule has 0 aromatic heterocycles. The summed E-state index contributed by atoms with van der Waals surface area (Å²) in [5.74, 6) is 0.649. The van der Waals surface area contributed by atoms with Crippen LogP contribution in [0.5, 0.6) is 0 Å². The highest BCUT2D eigenvalue weighted by Gasteiger charge is 2.31. The van der Waals surface area contributed by atoms with E-state index in [1.54, 1.807) is 0 Å². The topological polar surface area (TPSA) is 29.5 Å². The second kappa shape index (κ2) is 6.89. The van der Waals surface area contributed by atoms with Crippen LogP contribution in [0, 0.1) is 5.92 Å². The second-order valence-electron chi connectivity index (χ2n) is 4.65. The number of rotatable bonds is 8. The standard InChI is InChI=1S/C13H25NO2/c1-4-11(5-2)9-14(12-7-8-12)10-13(15)16-6-3/h11-12H,4-10H2,1-3H3. The average molecular weight is 227 g/mol. The van der Waals surface area contributed by atoms with Gasteiger partial charge in [0.15, 0.2) is 0 Å². The van der Waals surface area contributed by atoms with Crippen LogP contribution >= 0.6 is 0 Å². The molecular formula is C13H25NO2. The van der Waals surface area contributed by atoms with E-state index in [-0.39, 0.29) is 5.97 Å². The summed E-state index contributed by atoms with van der Waals surface area (Å²) in [6, 6.07) is 0.644. The first-order valence-corrected chi connectivity index (χ1v) is 6.60. The van der Waals surface area contributed by atoms with Crippen molar-refractivity contribution in [2.24, 2.45) is 5.92 Å². The molecule has 0 amide bonds. The lowest BCUT2D eigenvalue weighted by molar-refractivity contribution is -0.144. The van der Waals surface area contributed by atoms with Crippen molar-refractivity contribution >= 4 is 5.97 Å². The van der Waals surface area contributed by atoms with Crippen molar-refractivity contribution < 1.29 is 9.53 Å². The summed E-state index contributed by atoms with van der Waals surface area (Å²) in [4.78, 5) is 13.8. The van der Waals surface area contributed by atoms with Gasteiger partial charge in [0.1, 0.15) is 0 Å².